The van der Waals surface area contributed by atoms with Gasteiger partial charge in [-0.05, 0) is 0 Å². The van der Waals surface area contributed by atoms with Gasteiger partial charge in [-0.25, -0.2) is 4.79 Å². The number of halogens is 1. The lowest BCUT2D eigenvalue weighted by Gasteiger charge is -2.12. The number of carboxylic acid groups (broad SMARTS) is 1. The van der Waals surface area contributed by atoms with E-state index in [0.29, 0.717) is 0 Å². The molecular formula is C8H7ClO6. The zero-order valence-electron chi connectivity index (χ0n) is 7.18. The number of carboxylic acids is 1. The molecule has 0 spiro atoms. The standard InChI is InChI=1S/C8H7ClO6/c9-5-2(10)1-3(11)6(12)4(5)7(13)8(14)15/h1,7,10-13H,(H,14,15). The second kappa shape index (κ2) is 3.84. The number of carbonyl (C=O) groups is 1. The Hall–Kier alpha value is -1.66. The van der Waals surface area contributed by atoms with E-state index in [9.17, 15) is 9.90 Å². The predicted molar refractivity (Wildman–Crippen MR) is 49.0 cm³/mol. The first-order valence-electron chi connectivity index (χ1n) is 3.70. The molecule has 0 aliphatic rings. The summed E-state index contributed by atoms with van der Waals surface area (Å²) in [5.41, 5.74) is -0.651. The van der Waals surface area contributed by atoms with Crippen molar-refractivity contribution in [2.24, 2.45) is 0 Å². The lowest BCUT2D eigenvalue weighted by molar-refractivity contribution is -0.147. The molecular weight excluding hydrogens is 228 g/mol. The van der Waals surface area contributed by atoms with Crippen molar-refractivity contribution in [2.45, 2.75) is 6.10 Å². The molecule has 0 aliphatic carbocycles. The van der Waals surface area contributed by atoms with Crippen molar-refractivity contribution in [3.05, 3.63) is 16.7 Å². The van der Waals surface area contributed by atoms with E-state index in [1.807, 2.05) is 0 Å². The molecule has 0 amide bonds. The van der Waals surface area contributed by atoms with Crippen LogP contribution < -0.4 is 0 Å². The molecule has 1 unspecified atom stereocenters. The Balaban J connectivity index is 3.45. The average molecular weight is 235 g/mol. The first-order chi connectivity index (χ1) is 6.86. The Kier molecular flexibility index (Phi) is 2.92. The highest BCUT2D eigenvalue weighted by Crippen LogP contribution is 2.43. The predicted octanol–water partition coefficient (Wildman–Crippen LogP) is 0.575. The van der Waals surface area contributed by atoms with Gasteiger partial charge in [-0.3, -0.25) is 0 Å². The lowest BCUT2D eigenvalue weighted by atomic mass is 10.1. The van der Waals surface area contributed by atoms with E-state index in [2.05, 4.69) is 0 Å². The molecule has 1 aromatic rings. The monoisotopic (exact) mass is 234 g/mol. The van der Waals surface area contributed by atoms with Gasteiger partial charge in [0.05, 0.1) is 10.6 Å². The fourth-order valence-electron chi connectivity index (χ4n) is 1.01. The van der Waals surface area contributed by atoms with Gasteiger partial charge in [0, 0.05) is 6.07 Å². The molecule has 0 aromatic heterocycles. The highest BCUT2D eigenvalue weighted by molar-refractivity contribution is 6.33. The minimum atomic E-state index is -2.13. The number of hydrogen-bond donors (Lipinski definition) is 5. The molecule has 5 N–H and O–H groups in total. The summed E-state index contributed by atoms with van der Waals surface area (Å²) < 4.78 is 0. The molecule has 0 radical (unpaired) electrons. The van der Waals surface area contributed by atoms with Crippen molar-refractivity contribution < 1.29 is 30.3 Å². The summed E-state index contributed by atoms with van der Waals surface area (Å²) in [5, 5.41) is 44.5. The summed E-state index contributed by atoms with van der Waals surface area (Å²) >= 11 is 5.46. The summed E-state index contributed by atoms with van der Waals surface area (Å²) in [7, 11) is 0. The maximum absolute atomic E-state index is 10.4. The van der Waals surface area contributed by atoms with Crippen molar-refractivity contribution in [3.8, 4) is 17.2 Å². The summed E-state index contributed by atoms with van der Waals surface area (Å²) in [5.74, 6) is -3.96. The van der Waals surface area contributed by atoms with Crippen LogP contribution in [0.4, 0.5) is 0 Å². The second-order valence-corrected chi connectivity index (χ2v) is 3.11. The largest absolute Gasteiger partial charge is 0.506 e. The van der Waals surface area contributed by atoms with Gasteiger partial charge in [0.1, 0.15) is 5.75 Å². The number of phenols is 3. The first-order valence-corrected chi connectivity index (χ1v) is 4.08. The zero-order chi connectivity index (χ0) is 11.7. The number of benzene rings is 1. The van der Waals surface area contributed by atoms with Crippen LogP contribution in [-0.4, -0.2) is 31.5 Å². The van der Waals surface area contributed by atoms with E-state index in [4.69, 9.17) is 32.0 Å². The minimum absolute atomic E-state index is 0.528. The Labute approximate surface area is 88.6 Å². The maximum Gasteiger partial charge on any atom is 0.337 e. The van der Waals surface area contributed by atoms with E-state index >= 15 is 0 Å². The number of rotatable bonds is 2. The van der Waals surface area contributed by atoms with Gasteiger partial charge < -0.3 is 25.5 Å². The molecule has 0 heterocycles. The average Bonchev–Trinajstić information content (AvgIpc) is 2.15. The van der Waals surface area contributed by atoms with Crippen molar-refractivity contribution >= 4 is 17.6 Å². The van der Waals surface area contributed by atoms with Crippen LogP contribution in [-0.2, 0) is 4.79 Å². The summed E-state index contributed by atoms with van der Waals surface area (Å²) in [4.78, 5) is 10.4. The van der Waals surface area contributed by atoms with Gasteiger partial charge >= 0.3 is 5.97 Å². The van der Waals surface area contributed by atoms with Crippen molar-refractivity contribution in [1.82, 2.24) is 0 Å². The lowest BCUT2D eigenvalue weighted by Crippen LogP contribution is -2.11. The normalized spacial score (nSPS) is 12.4. The number of aliphatic hydroxyl groups excluding tert-OH is 1. The molecule has 7 heteroatoms. The van der Waals surface area contributed by atoms with Gasteiger partial charge in [-0.1, -0.05) is 11.6 Å². The van der Waals surface area contributed by atoms with Crippen LogP contribution in [0.15, 0.2) is 6.07 Å². The molecule has 0 aliphatic heterocycles. The molecule has 6 nitrogen and oxygen atoms in total. The molecule has 1 atom stereocenters. The molecule has 0 saturated heterocycles. The van der Waals surface area contributed by atoms with Crippen LogP contribution in [0.1, 0.15) is 11.7 Å². The smallest absolute Gasteiger partial charge is 0.337 e. The quantitative estimate of drug-likeness (QED) is 0.377. The first kappa shape index (κ1) is 11.4. The fourth-order valence-corrected chi connectivity index (χ4v) is 1.26. The van der Waals surface area contributed by atoms with E-state index in [1.54, 1.807) is 0 Å². The highest BCUT2D eigenvalue weighted by Gasteiger charge is 2.27. The Bertz CT molecular complexity index is 390. The number of aliphatic hydroxyl groups is 1. The van der Waals surface area contributed by atoms with Crippen LogP contribution in [0.5, 0.6) is 17.2 Å². The Morgan fingerprint density at radius 2 is 1.80 bits per heavy atom. The van der Waals surface area contributed by atoms with Gasteiger partial charge in [-0.15, -0.1) is 0 Å². The number of aliphatic carboxylic acids is 1. The van der Waals surface area contributed by atoms with Crippen molar-refractivity contribution in [1.29, 1.82) is 0 Å². The van der Waals surface area contributed by atoms with E-state index < -0.39 is 39.9 Å². The molecule has 0 fully saturated rings. The van der Waals surface area contributed by atoms with Crippen molar-refractivity contribution in [2.75, 3.05) is 0 Å². The van der Waals surface area contributed by atoms with Crippen LogP contribution in [0.25, 0.3) is 0 Å². The Morgan fingerprint density at radius 1 is 1.27 bits per heavy atom. The van der Waals surface area contributed by atoms with Gasteiger partial charge in [0.15, 0.2) is 17.6 Å². The van der Waals surface area contributed by atoms with Gasteiger partial charge in [0.2, 0.25) is 0 Å². The molecule has 0 bridgehead atoms. The summed E-state index contributed by atoms with van der Waals surface area (Å²) in [6, 6.07) is 0.732. The number of aromatic hydroxyl groups is 3. The van der Waals surface area contributed by atoms with Gasteiger partial charge in [0.25, 0.3) is 0 Å². The molecule has 1 aromatic carbocycles. The van der Waals surface area contributed by atoms with Crippen LogP contribution >= 0.6 is 11.6 Å². The number of hydrogen-bond acceptors (Lipinski definition) is 5. The summed E-state index contributed by atoms with van der Waals surface area (Å²) in [6.07, 6.45) is -2.13. The second-order valence-electron chi connectivity index (χ2n) is 2.73. The molecule has 1 rings (SSSR count). The Morgan fingerprint density at radius 3 is 2.27 bits per heavy atom. The van der Waals surface area contributed by atoms with Crippen LogP contribution in [0.2, 0.25) is 5.02 Å². The third-order valence-corrected chi connectivity index (χ3v) is 2.14. The molecule has 0 saturated carbocycles. The third kappa shape index (κ3) is 1.90. The van der Waals surface area contributed by atoms with Crippen molar-refractivity contribution in [3.63, 3.8) is 0 Å². The third-order valence-electron chi connectivity index (χ3n) is 1.74. The topological polar surface area (TPSA) is 118 Å². The SMILES string of the molecule is O=C(O)C(O)c1c(O)c(O)cc(O)c1Cl. The van der Waals surface area contributed by atoms with E-state index in [1.165, 1.54) is 0 Å². The van der Waals surface area contributed by atoms with Crippen LogP contribution in [0, 0.1) is 0 Å². The van der Waals surface area contributed by atoms with Crippen LogP contribution in [0.3, 0.4) is 0 Å². The molecule has 15 heavy (non-hydrogen) atoms. The fraction of sp³-hybridized carbons (Fsp3) is 0.125. The number of phenolic OH excluding ortho intramolecular Hbond substituents is 3. The molecule has 82 valence electrons. The highest BCUT2D eigenvalue weighted by atomic mass is 35.5. The minimum Gasteiger partial charge on any atom is -0.506 e. The van der Waals surface area contributed by atoms with E-state index in [-0.39, 0.29) is 0 Å². The maximum atomic E-state index is 10.4. The summed E-state index contributed by atoms with van der Waals surface area (Å²) in [6.45, 7) is 0. The zero-order valence-corrected chi connectivity index (χ0v) is 7.93. The van der Waals surface area contributed by atoms with Gasteiger partial charge in [-0.2, -0.15) is 0 Å². The van der Waals surface area contributed by atoms with E-state index in [0.717, 1.165) is 6.07 Å².